The van der Waals surface area contributed by atoms with Crippen LogP contribution in [0.3, 0.4) is 0 Å². The molecule has 0 amide bonds. The number of ether oxygens (including phenoxy) is 2. The van der Waals surface area contributed by atoms with Gasteiger partial charge in [-0.05, 0) is 12.5 Å². The number of hydrogen-bond donors (Lipinski definition) is 1. The minimum atomic E-state index is 0.443. The first-order valence-corrected chi connectivity index (χ1v) is 5.22. The minimum Gasteiger partial charge on any atom is -0.491 e. The fourth-order valence-electron chi connectivity index (χ4n) is 1.17. The predicted molar refractivity (Wildman–Crippen MR) is 58.7 cm³/mol. The lowest BCUT2D eigenvalue weighted by Crippen LogP contribution is -2.09. The second-order valence-corrected chi connectivity index (χ2v) is 3.15. The maximum absolute atomic E-state index is 5.55. The summed E-state index contributed by atoms with van der Waals surface area (Å²) in [6, 6.07) is 1.82. The van der Waals surface area contributed by atoms with E-state index in [0.29, 0.717) is 19.8 Å². The zero-order chi connectivity index (χ0) is 10.9. The quantitative estimate of drug-likeness (QED) is 0.690. The van der Waals surface area contributed by atoms with Crippen molar-refractivity contribution in [2.45, 2.75) is 19.9 Å². The molecule has 0 spiro atoms. The van der Waals surface area contributed by atoms with Gasteiger partial charge in [-0.25, -0.2) is 0 Å². The van der Waals surface area contributed by atoms with E-state index in [1.165, 1.54) is 0 Å². The highest BCUT2D eigenvalue weighted by molar-refractivity contribution is 5.29. The molecule has 0 fully saturated rings. The summed E-state index contributed by atoms with van der Waals surface area (Å²) < 4.78 is 10.8. The third-order valence-corrected chi connectivity index (χ3v) is 1.91. The van der Waals surface area contributed by atoms with Crippen molar-refractivity contribution in [3.63, 3.8) is 0 Å². The highest BCUT2D eigenvalue weighted by Crippen LogP contribution is 2.15. The van der Waals surface area contributed by atoms with Crippen LogP contribution in [0.5, 0.6) is 5.75 Å². The van der Waals surface area contributed by atoms with Crippen molar-refractivity contribution in [1.82, 2.24) is 4.98 Å². The Morgan fingerprint density at radius 2 is 2.20 bits per heavy atom. The molecule has 0 saturated carbocycles. The lowest BCUT2D eigenvalue weighted by Gasteiger charge is -2.09. The molecular weight excluding hydrogens is 192 g/mol. The van der Waals surface area contributed by atoms with Crippen LogP contribution in [0.15, 0.2) is 18.5 Å². The van der Waals surface area contributed by atoms with Gasteiger partial charge in [0.1, 0.15) is 12.4 Å². The van der Waals surface area contributed by atoms with E-state index < -0.39 is 0 Å². The van der Waals surface area contributed by atoms with E-state index in [4.69, 9.17) is 15.2 Å². The van der Waals surface area contributed by atoms with Crippen LogP contribution in [0.4, 0.5) is 0 Å². The Morgan fingerprint density at radius 3 is 2.93 bits per heavy atom. The smallest absolute Gasteiger partial charge is 0.126 e. The van der Waals surface area contributed by atoms with E-state index in [1.807, 2.05) is 6.07 Å². The van der Waals surface area contributed by atoms with Crippen LogP contribution in [0, 0.1) is 0 Å². The third-order valence-electron chi connectivity index (χ3n) is 1.91. The molecule has 0 saturated heterocycles. The normalized spacial score (nSPS) is 10.3. The van der Waals surface area contributed by atoms with Crippen molar-refractivity contribution in [2.24, 2.45) is 5.73 Å². The van der Waals surface area contributed by atoms with Crippen LogP contribution >= 0.6 is 0 Å². The molecule has 0 aliphatic rings. The van der Waals surface area contributed by atoms with Crippen molar-refractivity contribution in [2.75, 3.05) is 19.8 Å². The van der Waals surface area contributed by atoms with Crippen LogP contribution in [-0.2, 0) is 11.3 Å². The summed E-state index contributed by atoms with van der Waals surface area (Å²) in [5.41, 5.74) is 6.48. The van der Waals surface area contributed by atoms with Crippen molar-refractivity contribution < 1.29 is 9.47 Å². The number of nitrogens with zero attached hydrogens (tertiary/aromatic N) is 1. The van der Waals surface area contributed by atoms with Crippen LogP contribution in [0.25, 0.3) is 0 Å². The van der Waals surface area contributed by atoms with Crippen molar-refractivity contribution in [1.29, 1.82) is 0 Å². The fourth-order valence-corrected chi connectivity index (χ4v) is 1.17. The van der Waals surface area contributed by atoms with Crippen LogP contribution in [0.2, 0.25) is 0 Å². The first-order valence-electron chi connectivity index (χ1n) is 5.22. The first-order chi connectivity index (χ1) is 7.38. The van der Waals surface area contributed by atoms with Crippen molar-refractivity contribution in [3.05, 3.63) is 24.0 Å². The van der Waals surface area contributed by atoms with Gasteiger partial charge in [-0.2, -0.15) is 0 Å². The highest BCUT2D eigenvalue weighted by atomic mass is 16.5. The monoisotopic (exact) mass is 210 g/mol. The Labute approximate surface area is 90.4 Å². The SMILES string of the molecule is CCCOCCOc1ccncc1CN. The predicted octanol–water partition coefficient (Wildman–Crippen LogP) is 1.35. The van der Waals surface area contributed by atoms with Crippen molar-refractivity contribution in [3.8, 4) is 5.75 Å². The molecule has 4 nitrogen and oxygen atoms in total. The van der Waals surface area contributed by atoms with E-state index in [2.05, 4.69) is 11.9 Å². The molecule has 0 radical (unpaired) electrons. The molecule has 15 heavy (non-hydrogen) atoms. The first kappa shape index (κ1) is 11.9. The van der Waals surface area contributed by atoms with Gasteiger partial charge in [0.25, 0.3) is 0 Å². The molecule has 0 bridgehead atoms. The molecule has 2 N–H and O–H groups in total. The second-order valence-electron chi connectivity index (χ2n) is 3.15. The molecule has 0 aliphatic carbocycles. The number of nitrogens with two attached hydrogens (primary N) is 1. The Hall–Kier alpha value is -1.13. The second kappa shape index (κ2) is 7.20. The van der Waals surface area contributed by atoms with Gasteiger partial charge < -0.3 is 15.2 Å². The highest BCUT2D eigenvalue weighted by Gasteiger charge is 2.00. The zero-order valence-corrected chi connectivity index (χ0v) is 9.11. The minimum absolute atomic E-state index is 0.443. The van der Waals surface area contributed by atoms with Gasteiger partial charge in [0.15, 0.2) is 0 Å². The Morgan fingerprint density at radius 1 is 1.33 bits per heavy atom. The van der Waals surface area contributed by atoms with Gasteiger partial charge in [0.05, 0.1) is 6.61 Å². The Kier molecular flexibility index (Phi) is 5.73. The van der Waals surface area contributed by atoms with E-state index in [0.717, 1.165) is 24.3 Å². The molecule has 0 atom stereocenters. The average molecular weight is 210 g/mol. The molecule has 0 unspecified atom stereocenters. The van der Waals surface area contributed by atoms with Gasteiger partial charge in [-0.1, -0.05) is 6.92 Å². The molecule has 1 aromatic rings. The molecule has 84 valence electrons. The van der Waals surface area contributed by atoms with Crippen molar-refractivity contribution >= 4 is 0 Å². The topological polar surface area (TPSA) is 57.4 Å². The van der Waals surface area contributed by atoms with Gasteiger partial charge in [-0.15, -0.1) is 0 Å². The fraction of sp³-hybridized carbons (Fsp3) is 0.545. The standard InChI is InChI=1S/C11H18N2O2/c1-2-5-14-6-7-15-11-3-4-13-9-10(11)8-12/h3-4,9H,2,5-8,12H2,1H3. The molecule has 1 heterocycles. The largest absolute Gasteiger partial charge is 0.491 e. The summed E-state index contributed by atoms with van der Waals surface area (Å²) >= 11 is 0. The summed E-state index contributed by atoms with van der Waals surface area (Å²) in [4.78, 5) is 3.98. The Balaban J connectivity index is 2.30. The van der Waals surface area contributed by atoms with Gasteiger partial charge in [0, 0.05) is 31.1 Å². The number of rotatable bonds is 7. The van der Waals surface area contributed by atoms with E-state index >= 15 is 0 Å². The van der Waals surface area contributed by atoms with Gasteiger partial charge in [-0.3, -0.25) is 4.98 Å². The van der Waals surface area contributed by atoms with Crippen LogP contribution in [0.1, 0.15) is 18.9 Å². The maximum atomic E-state index is 5.55. The van der Waals surface area contributed by atoms with E-state index in [-0.39, 0.29) is 0 Å². The number of hydrogen-bond acceptors (Lipinski definition) is 4. The summed E-state index contributed by atoms with van der Waals surface area (Å²) in [5.74, 6) is 0.799. The average Bonchev–Trinajstić information content (AvgIpc) is 2.29. The molecule has 1 aromatic heterocycles. The Bertz CT molecular complexity index is 279. The molecular formula is C11H18N2O2. The third kappa shape index (κ3) is 4.27. The lowest BCUT2D eigenvalue weighted by molar-refractivity contribution is 0.100. The summed E-state index contributed by atoms with van der Waals surface area (Å²) in [5, 5.41) is 0. The summed E-state index contributed by atoms with van der Waals surface area (Å²) in [6.45, 7) is 4.47. The molecule has 4 heteroatoms. The maximum Gasteiger partial charge on any atom is 0.126 e. The summed E-state index contributed by atoms with van der Waals surface area (Å²) in [7, 11) is 0. The van der Waals surface area contributed by atoms with Crippen LogP contribution in [-0.4, -0.2) is 24.8 Å². The summed E-state index contributed by atoms with van der Waals surface area (Å²) in [6.07, 6.45) is 4.45. The van der Waals surface area contributed by atoms with Gasteiger partial charge in [0.2, 0.25) is 0 Å². The number of pyridine rings is 1. The lowest BCUT2D eigenvalue weighted by atomic mass is 10.2. The zero-order valence-electron chi connectivity index (χ0n) is 9.11. The van der Waals surface area contributed by atoms with Crippen LogP contribution < -0.4 is 10.5 Å². The molecule has 0 aromatic carbocycles. The molecule has 1 rings (SSSR count). The molecule has 0 aliphatic heterocycles. The van der Waals surface area contributed by atoms with Gasteiger partial charge >= 0.3 is 0 Å². The van der Waals surface area contributed by atoms with E-state index in [9.17, 15) is 0 Å². The number of aromatic nitrogens is 1. The van der Waals surface area contributed by atoms with E-state index in [1.54, 1.807) is 12.4 Å².